The predicted molar refractivity (Wildman–Crippen MR) is 79.5 cm³/mol. The first-order valence-corrected chi connectivity index (χ1v) is 8.52. The number of hydrogen-bond acceptors (Lipinski definition) is 4. The maximum Gasteiger partial charge on any atom is 0.243 e. The van der Waals surface area contributed by atoms with Gasteiger partial charge in [-0.1, -0.05) is 11.6 Å². The third-order valence-electron chi connectivity index (χ3n) is 3.32. The molecule has 0 N–H and O–H groups in total. The van der Waals surface area contributed by atoms with Crippen molar-refractivity contribution in [3.8, 4) is 0 Å². The normalized spacial score (nSPS) is 24.2. The molecular weight excluding hydrogens is 370 g/mol. The quantitative estimate of drug-likeness (QED) is 0.798. The molecule has 1 saturated heterocycles. The molecular formula is C12H15BrClNO4S. The highest BCUT2D eigenvalue weighted by Gasteiger charge is 2.39. The van der Waals surface area contributed by atoms with E-state index in [1.165, 1.54) is 16.4 Å². The fraction of sp³-hybridized carbons (Fsp3) is 0.500. The average molecular weight is 385 g/mol. The highest BCUT2D eigenvalue weighted by atomic mass is 79.9. The number of rotatable bonds is 4. The molecule has 20 heavy (non-hydrogen) atoms. The van der Waals surface area contributed by atoms with E-state index in [4.69, 9.17) is 21.1 Å². The zero-order valence-electron chi connectivity index (χ0n) is 11.0. The second kappa shape index (κ2) is 6.29. The van der Waals surface area contributed by atoms with Crippen molar-refractivity contribution in [2.24, 2.45) is 0 Å². The summed E-state index contributed by atoms with van der Waals surface area (Å²) in [5.74, 6) is 0. The zero-order chi connectivity index (χ0) is 14.9. The number of nitrogens with zero attached hydrogens (tertiary/aromatic N) is 1. The van der Waals surface area contributed by atoms with E-state index in [0.717, 1.165) is 0 Å². The second-order valence-corrected chi connectivity index (χ2v) is 7.65. The lowest BCUT2D eigenvalue weighted by atomic mass is 10.3. The largest absolute Gasteiger partial charge is 0.377 e. The predicted octanol–water partition coefficient (Wildman–Crippen LogP) is 2.14. The van der Waals surface area contributed by atoms with Crippen molar-refractivity contribution in [3.05, 3.63) is 27.7 Å². The fourth-order valence-electron chi connectivity index (χ4n) is 2.15. The second-order valence-electron chi connectivity index (χ2n) is 4.45. The number of sulfonamides is 1. The molecule has 1 heterocycles. The Morgan fingerprint density at radius 2 is 1.80 bits per heavy atom. The molecule has 0 radical (unpaired) electrons. The summed E-state index contributed by atoms with van der Waals surface area (Å²) in [7, 11) is -0.485. The van der Waals surface area contributed by atoms with Crippen molar-refractivity contribution in [3.63, 3.8) is 0 Å². The molecule has 1 fully saturated rings. The lowest BCUT2D eigenvalue weighted by Gasteiger charge is -2.16. The molecule has 5 nitrogen and oxygen atoms in total. The Balaban J connectivity index is 2.29. The average Bonchev–Trinajstić information content (AvgIpc) is 2.85. The minimum atomic E-state index is -3.58. The Bertz CT molecular complexity index is 583. The summed E-state index contributed by atoms with van der Waals surface area (Å²) in [5, 5.41) is 0.468. The van der Waals surface area contributed by atoms with E-state index in [-0.39, 0.29) is 30.2 Å². The summed E-state index contributed by atoms with van der Waals surface area (Å²) in [5.41, 5.74) is 0. The molecule has 0 aromatic heterocycles. The van der Waals surface area contributed by atoms with Gasteiger partial charge in [0.15, 0.2) is 0 Å². The maximum atomic E-state index is 12.6. The first kappa shape index (κ1) is 16.2. The summed E-state index contributed by atoms with van der Waals surface area (Å²) in [4.78, 5) is 0.195. The Kier molecular flexibility index (Phi) is 5.09. The van der Waals surface area contributed by atoms with Crippen LogP contribution in [0.5, 0.6) is 0 Å². The Morgan fingerprint density at radius 1 is 1.25 bits per heavy atom. The lowest BCUT2D eigenvalue weighted by molar-refractivity contribution is -0.00461. The van der Waals surface area contributed by atoms with Gasteiger partial charge >= 0.3 is 0 Å². The third-order valence-corrected chi connectivity index (χ3v) is 6.36. The molecule has 1 aromatic carbocycles. The van der Waals surface area contributed by atoms with E-state index < -0.39 is 10.0 Å². The minimum absolute atomic E-state index is 0.195. The van der Waals surface area contributed by atoms with Gasteiger partial charge in [0.05, 0.1) is 22.1 Å². The standard InChI is InChI=1S/C12H15BrClNO4S/c1-18-11-6-15(7-12(11)19-2)20(16,17)8-3-4-10(14)9(13)5-8/h3-5,11-12H,6-7H2,1-2H3. The number of ether oxygens (including phenoxy) is 2. The number of methoxy groups -OCH3 is 2. The van der Waals surface area contributed by atoms with Crippen molar-refractivity contribution in [2.45, 2.75) is 17.1 Å². The minimum Gasteiger partial charge on any atom is -0.377 e. The van der Waals surface area contributed by atoms with Crippen LogP contribution in [0.4, 0.5) is 0 Å². The van der Waals surface area contributed by atoms with E-state index in [9.17, 15) is 8.42 Å². The van der Waals surface area contributed by atoms with Crippen LogP contribution < -0.4 is 0 Å². The van der Waals surface area contributed by atoms with Crippen LogP contribution in [-0.2, 0) is 19.5 Å². The highest BCUT2D eigenvalue weighted by molar-refractivity contribution is 9.10. The maximum absolute atomic E-state index is 12.6. The summed E-state index contributed by atoms with van der Waals surface area (Å²) in [6.07, 6.45) is -0.518. The van der Waals surface area contributed by atoms with Gasteiger partial charge in [0.2, 0.25) is 10.0 Å². The van der Waals surface area contributed by atoms with Crippen molar-refractivity contribution in [2.75, 3.05) is 27.3 Å². The van der Waals surface area contributed by atoms with Crippen LogP contribution in [0.1, 0.15) is 0 Å². The fourth-order valence-corrected chi connectivity index (χ4v) is 4.29. The number of hydrogen-bond donors (Lipinski definition) is 0. The molecule has 2 unspecified atom stereocenters. The SMILES string of the molecule is COC1CN(S(=O)(=O)c2ccc(Cl)c(Br)c2)CC1OC. The smallest absolute Gasteiger partial charge is 0.243 e. The van der Waals surface area contributed by atoms with Gasteiger partial charge in [-0.3, -0.25) is 0 Å². The summed E-state index contributed by atoms with van der Waals surface area (Å²) >= 11 is 9.12. The molecule has 0 bridgehead atoms. The Hall–Kier alpha value is -0.180. The molecule has 8 heteroatoms. The van der Waals surface area contributed by atoms with Gasteiger partial charge < -0.3 is 9.47 Å². The first-order chi connectivity index (χ1) is 9.40. The lowest BCUT2D eigenvalue weighted by Crippen LogP contribution is -2.30. The molecule has 1 aliphatic heterocycles. The van der Waals surface area contributed by atoms with Crippen LogP contribution in [-0.4, -0.2) is 52.2 Å². The molecule has 2 atom stereocenters. The summed E-state index contributed by atoms with van der Waals surface area (Å²) in [6.45, 7) is 0.551. The topological polar surface area (TPSA) is 55.8 Å². The van der Waals surface area contributed by atoms with Gasteiger partial charge in [-0.25, -0.2) is 8.42 Å². The van der Waals surface area contributed by atoms with Crippen LogP contribution in [0.15, 0.2) is 27.6 Å². The van der Waals surface area contributed by atoms with Gasteiger partial charge in [-0.2, -0.15) is 4.31 Å². The van der Waals surface area contributed by atoms with Crippen LogP contribution in [0.25, 0.3) is 0 Å². The number of halogens is 2. The highest BCUT2D eigenvalue weighted by Crippen LogP contribution is 2.29. The Morgan fingerprint density at radius 3 is 2.25 bits per heavy atom. The molecule has 0 spiro atoms. The van der Waals surface area contributed by atoms with Crippen LogP contribution in [0.2, 0.25) is 5.02 Å². The molecule has 1 aromatic rings. The molecule has 112 valence electrons. The van der Waals surface area contributed by atoms with E-state index in [1.54, 1.807) is 20.3 Å². The molecule has 2 rings (SSSR count). The van der Waals surface area contributed by atoms with Gasteiger partial charge in [0.1, 0.15) is 0 Å². The van der Waals surface area contributed by atoms with E-state index in [0.29, 0.717) is 9.50 Å². The van der Waals surface area contributed by atoms with Crippen molar-refractivity contribution in [1.29, 1.82) is 0 Å². The zero-order valence-corrected chi connectivity index (χ0v) is 14.2. The van der Waals surface area contributed by atoms with Gasteiger partial charge in [-0.05, 0) is 34.1 Å². The van der Waals surface area contributed by atoms with Crippen LogP contribution in [0.3, 0.4) is 0 Å². The van der Waals surface area contributed by atoms with Gasteiger partial charge in [0.25, 0.3) is 0 Å². The van der Waals surface area contributed by atoms with E-state index in [2.05, 4.69) is 15.9 Å². The summed E-state index contributed by atoms with van der Waals surface area (Å²) < 4.78 is 37.6. The van der Waals surface area contributed by atoms with E-state index >= 15 is 0 Å². The third kappa shape index (κ3) is 3.03. The van der Waals surface area contributed by atoms with Crippen molar-refractivity contribution in [1.82, 2.24) is 4.31 Å². The molecule has 0 amide bonds. The summed E-state index contributed by atoms with van der Waals surface area (Å²) in [6, 6.07) is 4.54. The van der Waals surface area contributed by atoms with Crippen LogP contribution >= 0.6 is 27.5 Å². The van der Waals surface area contributed by atoms with Crippen molar-refractivity contribution < 1.29 is 17.9 Å². The monoisotopic (exact) mass is 383 g/mol. The first-order valence-electron chi connectivity index (χ1n) is 5.91. The van der Waals surface area contributed by atoms with Crippen LogP contribution in [0, 0.1) is 0 Å². The van der Waals surface area contributed by atoms with Gasteiger partial charge in [0, 0.05) is 31.8 Å². The molecule has 0 saturated carbocycles. The van der Waals surface area contributed by atoms with Gasteiger partial charge in [-0.15, -0.1) is 0 Å². The Labute approximate surface area is 132 Å². The molecule has 0 aliphatic carbocycles. The van der Waals surface area contributed by atoms with E-state index in [1.807, 2.05) is 0 Å². The molecule has 1 aliphatic rings. The number of benzene rings is 1. The van der Waals surface area contributed by atoms with Crippen molar-refractivity contribution >= 4 is 37.6 Å².